The standard InChI is InChI=1S/C26H35NO4/c1-2-3-4-5-12-17-22(28)24(29)23-25(31-19-21-15-10-7-11-16-21)26(30)27(23)18-20-13-8-6-9-14-20/h6-11,13-16,22-25,28-29H,2-5,12,17-19H2,1H3/t22-,23+,24+,25-/m1/s1. The van der Waals surface area contributed by atoms with E-state index < -0.39 is 24.4 Å². The van der Waals surface area contributed by atoms with E-state index in [4.69, 9.17) is 4.74 Å². The van der Waals surface area contributed by atoms with Gasteiger partial charge in [-0.3, -0.25) is 4.79 Å². The second kappa shape index (κ2) is 12.0. The fraction of sp³-hybridized carbons (Fsp3) is 0.500. The summed E-state index contributed by atoms with van der Waals surface area (Å²) in [5, 5.41) is 21.6. The van der Waals surface area contributed by atoms with Crippen molar-refractivity contribution < 1.29 is 19.7 Å². The van der Waals surface area contributed by atoms with Gasteiger partial charge in [-0.2, -0.15) is 0 Å². The molecule has 0 aromatic heterocycles. The van der Waals surface area contributed by atoms with Crippen LogP contribution in [0.3, 0.4) is 0 Å². The summed E-state index contributed by atoms with van der Waals surface area (Å²) in [6.45, 7) is 2.87. The summed E-state index contributed by atoms with van der Waals surface area (Å²) < 4.78 is 5.92. The third-order valence-corrected chi connectivity index (χ3v) is 6.01. The highest BCUT2D eigenvalue weighted by Crippen LogP contribution is 2.31. The Morgan fingerprint density at radius 1 is 0.903 bits per heavy atom. The molecule has 0 bridgehead atoms. The van der Waals surface area contributed by atoms with Crippen molar-refractivity contribution >= 4 is 5.91 Å². The van der Waals surface area contributed by atoms with E-state index in [1.165, 1.54) is 12.8 Å². The van der Waals surface area contributed by atoms with Gasteiger partial charge in [-0.1, -0.05) is 99.7 Å². The van der Waals surface area contributed by atoms with Crippen molar-refractivity contribution in [2.24, 2.45) is 0 Å². The van der Waals surface area contributed by atoms with Crippen LogP contribution in [0.15, 0.2) is 60.7 Å². The van der Waals surface area contributed by atoms with Gasteiger partial charge < -0.3 is 19.8 Å². The van der Waals surface area contributed by atoms with Gasteiger partial charge in [0.15, 0.2) is 6.10 Å². The topological polar surface area (TPSA) is 70.0 Å². The number of nitrogens with zero attached hydrogens (tertiary/aromatic N) is 1. The van der Waals surface area contributed by atoms with Gasteiger partial charge in [-0.05, 0) is 17.5 Å². The minimum Gasteiger partial charge on any atom is -0.390 e. The number of β-lactam (4-membered cyclic amide) rings is 1. The lowest BCUT2D eigenvalue weighted by Gasteiger charge is -2.49. The van der Waals surface area contributed by atoms with Crippen LogP contribution in [0.5, 0.6) is 0 Å². The number of hydrogen-bond acceptors (Lipinski definition) is 4. The van der Waals surface area contributed by atoms with E-state index in [1.807, 2.05) is 60.7 Å². The average molecular weight is 426 g/mol. The molecule has 0 saturated carbocycles. The number of rotatable bonds is 13. The molecule has 1 heterocycles. The predicted octanol–water partition coefficient (Wildman–Crippen LogP) is 4.07. The van der Waals surface area contributed by atoms with E-state index in [-0.39, 0.29) is 5.91 Å². The van der Waals surface area contributed by atoms with Gasteiger partial charge in [0, 0.05) is 6.54 Å². The molecule has 2 N–H and O–H groups in total. The number of hydrogen-bond donors (Lipinski definition) is 2. The number of ether oxygens (including phenoxy) is 1. The molecule has 2 aromatic carbocycles. The molecule has 5 nitrogen and oxygen atoms in total. The quantitative estimate of drug-likeness (QED) is 0.375. The molecule has 1 amide bonds. The van der Waals surface area contributed by atoms with Gasteiger partial charge in [-0.25, -0.2) is 0 Å². The van der Waals surface area contributed by atoms with Crippen LogP contribution in [-0.4, -0.2) is 45.4 Å². The zero-order valence-corrected chi connectivity index (χ0v) is 18.4. The van der Waals surface area contributed by atoms with E-state index in [9.17, 15) is 15.0 Å². The van der Waals surface area contributed by atoms with Crippen molar-refractivity contribution in [1.82, 2.24) is 4.90 Å². The highest BCUT2D eigenvalue weighted by Gasteiger charge is 2.53. The molecule has 1 aliphatic heterocycles. The van der Waals surface area contributed by atoms with Crippen molar-refractivity contribution in [1.29, 1.82) is 0 Å². The van der Waals surface area contributed by atoms with Gasteiger partial charge in [0.1, 0.15) is 6.10 Å². The Balaban J connectivity index is 1.63. The van der Waals surface area contributed by atoms with E-state index in [0.29, 0.717) is 19.6 Å². The van der Waals surface area contributed by atoms with Crippen LogP contribution in [0.25, 0.3) is 0 Å². The summed E-state index contributed by atoms with van der Waals surface area (Å²) >= 11 is 0. The van der Waals surface area contributed by atoms with Crippen LogP contribution in [-0.2, 0) is 22.7 Å². The first-order chi connectivity index (χ1) is 15.1. The highest BCUT2D eigenvalue weighted by molar-refractivity contribution is 5.88. The minimum atomic E-state index is -1.03. The number of unbranched alkanes of at least 4 members (excludes halogenated alkanes) is 4. The van der Waals surface area contributed by atoms with E-state index in [1.54, 1.807) is 4.90 Å². The maximum Gasteiger partial charge on any atom is 0.254 e. The molecule has 3 rings (SSSR count). The second-order valence-electron chi connectivity index (χ2n) is 8.42. The third kappa shape index (κ3) is 6.39. The number of benzene rings is 2. The van der Waals surface area contributed by atoms with Gasteiger partial charge in [0.05, 0.1) is 18.8 Å². The Labute approximate surface area is 185 Å². The monoisotopic (exact) mass is 425 g/mol. The molecule has 168 valence electrons. The van der Waals surface area contributed by atoms with Crippen LogP contribution in [0.4, 0.5) is 0 Å². The first kappa shape index (κ1) is 23.5. The highest BCUT2D eigenvalue weighted by atomic mass is 16.5. The number of carbonyl (C=O) groups is 1. The molecule has 0 aliphatic carbocycles. The SMILES string of the molecule is CCCCCCC[C@@H](O)[C@H](O)[C@H]1[C@@H](OCc2ccccc2)C(=O)N1Cc1ccccc1. The molecule has 1 aliphatic rings. The summed E-state index contributed by atoms with van der Waals surface area (Å²) in [6.07, 6.45) is 3.29. The van der Waals surface area contributed by atoms with Crippen molar-refractivity contribution in [3.05, 3.63) is 71.8 Å². The maximum absolute atomic E-state index is 12.9. The average Bonchev–Trinajstić information content (AvgIpc) is 2.81. The molecule has 31 heavy (non-hydrogen) atoms. The molecule has 1 saturated heterocycles. The molecule has 0 unspecified atom stereocenters. The fourth-order valence-electron chi connectivity index (χ4n) is 4.15. The van der Waals surface area contributed by atoms with Crippen LogP contribution < -0.4 is 0 Å². The number of likely N-dealkylation sites (tertiary alicyclic amines) is 1. The molecular formula is C26H35NO4. The van der Waals surface area contributed by atoms with Crippen molar-refractivity contribution in [2.45, 2.75) is 83.0 Å². The largest absolute Gasteiger partial charge is 0.390 e. The van der Waals surface area contributed by atoms with Gasteiger partial charge in [0.25, 0.3) is 5.91 Å². The van der Waals surface area contributed by atoms with E-state index in [2.05, 4.69) is 6.92 Å². The van der Waals surface area contributed by atoms with Crippen LogP contribution in [0.2, 0.25) is 0 Å². The molecule has 0 spiro atoms. The van der Waals surface area contributed by atoms with Crippen molar-refractivity contribution in [3.63, 3.8) is 0 Å². The Morgan fingerprint density at radius 2 is 1.52 bits per heavy atom. The first-order valence-corrected chi connectivity index (χ1v) is 11.5. The molecular weight excluding hydrogens is 390 g/mol. The van der Waals surface area contributed by atoms with Gasteiger partial charge >= 0.3 is 0 Å². The Bertz CT molecular complexity index is 783. The van der Waals surface area contributed by atoms with Crippen molar-refractivity contribution in [2.75, 3.05) is 0 Å². The summed E-state index contributed by atoms with van der Waals surface area (Å²) in [4.78, 5) is 14.5. The molecule has 4 atom stereocenters. The zero-order chi connectivity index (χ0) is 22.1. The van der Waals surface area contributed by atoms with Crippen molar-refractivity contribution in [3.8, 4) is 0 Å². The molecule has 0 radical (unpaired) electrons. The zero-order valence-electron chi connectivity index (χ0n) is 18.4. The smallest absolute Gasteiger partial charge is 0.254 e. The maximum atomic E-state index is 12.9. The number of aliphatic hydroxyl groups excluding tert-OH is 2. The predicted molar refractivity (Wildman–Crippen MR) is 121 cm³/mol. The van der Waals surface area contributed by atoms with Gasteiger partial charge in [0.2, 0.25) is 0 Å². The summed E-state index contributed by atoms with van der Waals surface area (Å²) in [6, 6.07) is 18.8. The van der Waals surface area contributed by atoms with Crippen LogP contribution >= 0.6 is 0 Å². The van der Waals surface area contributed by atoms with Gasteiger partial charge in [-0.15, -0.1) is 0 Å². The normalized spacial score (nSPS) is 20.4. The van der Waals surface area contributed by atoms with E-state index in [0.717, 1.165) is 30.4 Å². The summed E-state index contributed by atoms with van der Waals surface area (Å²) in [7, 11) is 0. The lowest BCUT2D eigenvalue weighted by Crippen LogP contribution is -2.70. The molecule has 2 aromatic rings. The lowest BCUT2D eigenvalue weighted by atomic mass is 9.87. The van der Waals surface area contributed by atoms with E-state index >= 15 is 0 Å². The molecule has 1 fully saturated rings. The Hall–Kier alpha value is -2.21. The first-order valence-electron chi connectivity index (χ1n) is 11.5. The number of aliphatic hydroxyl groups is 2. The summed E-state index contributed by atoms with van der Waals surface area (Å²) in [5.74, 6) is -0.140. The molecule has 5 heteroatoms. The van der Waals surface area contributed by atoms with Crippen LogP contribution in [0, 0.1) is 0 Å². The third-order valence-electron chi connectivity index (χ3n) is 6.01. The minimum absolute atomic E-state index is 0.140. The van der Waals surface area contributed by atoms with Crippen LogP contribution in [0.1, 0.15) is 56.6 Å². The Kier molecular flexibility index (Phi) is 9.07. The number of carbonyl (C=O) groups excluding carboxylic acids is 1. The second-order valence-corrected chi connectivity index (χ2v) is 8.42. The Morgan fingerprint density at radius 3 is 2.16 bits per heavy atom. The number of amides is 1. The fourth-order valence-corrected chi connectivity index (χ4v) is 4.15. The summed E-state index contributed by atoms with van der Waals surface area (Å²) in [5.41, 5.74) is 1.96. The lowest BCUT2D eigenvalue weighted by molar-refractivity contribution is -0.195.